The number of fused-ring (bicyclic) bond motifs is 1. The van der Waals surface area contributed by atoms with E-state index < -0.39 is 0 Å². The summed E-state index contributed by atoms with van der Waals surface area (Å²) in [6.45, 7) is 5.66. The van der Waals surface area contributed by atoms with Gasteiger partial charge in [-0.05, 0) is 57.6 Å². The van der Waals surface area contributed by atoms with Crippen molar-refractivity contribution in [2.24, 2.45) is 10.9 Å². The number of carbonyl (C=O) groups excluding carboxylic acids is 1. The van der Waals surface area contributed by atoms with Gasteiger partial charge in [0.05, 0.1) is 5.69 Å². The highest BCUT2D eigenvalue weighted by molar-refractivity contribution is 5.81. The van der Waals surface area contributed by atoms with E-state index >= 15 is 0 Å². The fourth-order valence-electron chi connectivity index (χ4n) is 4.23. The summed E-state index contributed by atoms with van der Waals surface area (Å²) < 4.78 is 2.08. The SMILES string of the molecule is CCNC(=NCCc1cn2cccc(C)c2n1)NC1CCCC(C(=O)NC2CC2)C1. The number of nitrogens with zero attached hydrogens (tertiary/aromatic N) is 3. The lowest BCUT2D eigenvalue weighted by atomic mass is 9.85. The monoisotopic (exact) mass is 410 g/mol. The summed E-state index contributed by atoms with van der Waals surface area (Å²) >= 11 is 0. The van der Waals surface area contributed by atoms with Crippen molar-refractivity contribution in [1.82, 2.24) is 25.3 Å². The van der Waals surface area contributed by atoms with Gasteiger partial charge in [0.25, 0.3) is 0 Å². The molecule has 2 aromatic rings. The largest absolute Gasteiger partial charge is 0.357 e. The van der Waals surface area contributed by atoms with Gasteiger partial charge in [0.2, 0.25) is 5.91 Å². The van der Waals surface area contributed by atoms with Crippen molar-refractivity contribution in [2.75, 3.05) is 13.1 Å². The lowest BCUT2D eigenvalue weighted by Gasteiger charge is -2.30. The first-order chi connectivity index (χ1) is 14.6. The maximum absolute atomic E-state index is 12.4. The van der Waals surface area contributed by atoms with Crippen molar-refractivity contribution in [3.05, 3.63) is 35.8 Å². The van der Waals surface area contributed by atoms with Crippen molar-refractivity contribution < 1.29 is 4.79 Å². The minimum absolute atomic E-state index is 0.126. The molecule has 2 unspecified atom stereocenters. The van der Waals surface area contributed by atoms with Crippen molar-refractivity contribution in [3.8, 4) is 0 Å². The van der Waals surface area contributed by atoms with Crippen LogP contribution in [0.15, 0.2) is 29.5 Å². The summed E-state index contributed by atoms with van der Waals surface area (Å²) in [4.78, 5) is 21.9. The third kappa shape index (κ3) is 5.32. The van der Waals surface area contributed by atoms with Gasteiger partial charge in [-0.1, -0.05) is 12.5 Å². The Morgan fingerprint density at radius 2 is 2.10 bits per heavy atom. The molecule has 0 spiro atoms. The third-order valence-corrected chi connectivity index (χ3v) is 6.02. The fourth-order valence-corrected chi connectivity index (χ4v) is 4.23. The van der Waals surface area contributed by atoms with E-state index in [1.807, 2.05) is 12.3 Å². The Bertz CT molecular complexity index is 900. The number of rotatable bonds is 7. The van der Waals surface area contributed by atoms with E-state index in [0.29, 0.717) is 18.6 Å². The van der Waals surface area contributed by atoms with Crippen LogP contribution in [0.3, 0.4) is 0 Å². The van der Waals surface area contributed by atoms with E-state index in [0.717, 1.165) is 68.8 Å². The number of carbonyl (C=O) groups is 1. The van der Waals surface area contributed by atoms with Crippen LogP contribution in [0.25, 0.3) is 5.65 Å². The first-order valence-corrected chi connectivity index (χ1v) is 11.4. The van der Waals surface area contributed by atoms with E-state index in [9.17, 15) is 4.79 Å². The smallest absolute Gasteiger partial charge is 0.223 e. The molecule has 2 fully saturated rings. The Kier molecular flexibility index (Phi) is 6.55. The molecule has 2 heterocycles. The van der Waals surface area contributed by atoms with E-state index in [1.165, 1.54) is 5.56 Å². The zero-order valence-corrected chi connectivity index (χ0v) is 18.2. The van der Waals surface area contributed by atoms with Gasteiger partial charge in [-0.2, -0.15) is 0 Å². The molecule has 3 N–H and O–H groups in total. The van der Waals surface area contributed by atoms with Crippen LogP contribution < -0.4 is 16.0 Å². The Morgan fingerprint density at radius 3 is 2.87 bits per heavy atom. The molecular formula is C23H34N6O. The number of nitrogens with one attached hydrogen (secondary N) is 3. The minimum Gasteiger partial charge on any atom is -0.357 e. The summed E-state index contributed by atoms with van der Waals surface area (Å²) in [6.07, 6.45) is 11.3. The molecule has 0 aliphatic heterocycles. The Hall–Kier alpha value is -2.57. The molecule has 162 valence electrons. The number of hydrogen-bond acceptors (Lipinski definition) is 3. The number of imidazole rings is 1. The molecule has 7 nitrogen and oxygen atoms in total. The van der Waals surface area contributed by atoms with Crippen LogP contribution in [0.2, 0.25) is 0 Å². The second-order valence-corrected chi connectivity index (χ2v) is 8.65. The maximum Gasteiger partial charge on any atom is 0.223 e. The Morgan fingerprint density at radius 1 is 1.23 bits per heavy atom. The van der Waals surface area contributed by atoms with Gasteiger partial charge in [0.15, 0.2) is 5.96 Å². The second kappa shape index (κ2) is 9.49. The highest BCUT2D eigenvalue weighted by atomic mass is 16.2. The number of amides is 1. The quantitative estimate of drug-likeness (QED) is 0.484. The average Bonchev–Trinajstić information content (AvgIpc) is 3.44. The van der Waals surface area contributed by atoms with Crippen molar-refractivity contribution in [1.29, 1.82) is 0 Å². The minimum atomic E-state index is 0.126. The summed E-state index contributed by atoms with van der Waals surface area (Å²) in [6, 6.07) is 4.86. The standard InChI is InChI=1S/C23H34N6O/c1-3-24-23(25-12-11-20-15-29-13-5-6-16(2)21(29)26-20)28-19-8-4-7-17(14-19)22(30)27-18-9-10-18/h5-6,13,15,17-19H,3-4,7-12,14H2,1-2H3,(H,27,30)(H2,24,25,28). The molecule has 30 heavy (non-hydrogen) atoms. The zero-order chi connectivity index (χ0) is 20.9. The number of hydrogen-bond donors (Lipinski definition) is 3. The van der Waals surface area contributed by atoms with Crippen LogP contribution in [-0.4, -0.2) is 46.4 Å². The van der Waals surface area contributed by atoms with Gasteiger partial charge >= 0.3 is 0 Å². The Balaban J connectivity index is 1.32. The van der Waals surface area contributed by atoms with Crippen LogP contribution >= 0.6 is 0 Å². The molecule has 0 bridgehead atoms. The molecule has 2 saturated carbocycles. The molecule has 0 saturated heterocycles. The first-order valence-electron chi connectivity index (χ1n) is 11.4. The van der Waals surface area contributed by atoms with E-state index in [-0.39, 0.29) is 11.8 Å². The Labute approximate surface area is 178 Å². The van der Waals surface area contributed by atoms with Crippen LogP contribution in [-0.2, 0) is 11.2 Å². The highest BCUT2D eigenvalue weighted by Crippen LogP contribution is 2.26. The summed E-state index contributed by atoms with van der Waals surface area (Å²) in [5.41, 5.74) is 3.25. The van der Waals surface area contributed by atoms with Crippen molar-refractivity contribution in [3.63, 3.8) is 0 Å². The number of aromatic nitrogens is 2. The van der Waals surface area contributed by atoms with E-state index in [4.69, 9.17) is 9.98 Å². The van der Waals surface area contributed by atoms with Gasteiger partial charge in [-0.15, -0.1) is 0 Å². The lowest BCUT2D eigenvalue weighted by molar-refractivity contribution is -0.126. The predicted molar refractivity (Wildman–Crippen MR) is 120 cm³/mol. The lowest BCUT2D eigenvalue weighted by Crippen LogP contribution is -2.47. The number of aliphatic imine (C=N–C) groups is 1. The van der Waals surface area contributed by atoms with Crippen LogP contribution in [0, 0.1) is 12.8 Å². The fraction of sp³-hybridized carbons (Fsp3) is 0.609. The maximum atomic E-state index is 12.4. The van der Waals surface area contributed by atoms with Crippen molar-refractivity contribution in [2.45, 2.75) is 70.9 Å². The molecule has 2 atom stereocenters. The first kappa shape index (κ1) is 20.7. The predicted octanol–water partition coefficient (Wildman–Crippen LogP) is 2.58. The van der Waals surface area contributed by atoms with Gasteiger partial charge in [-0.25, -0.2) is 4.98 Å². The summed E-state index contributed by atoms with van der Waals surface area (Å²) in [5.74, 6) is 1.21. The van der Waals surface area contributed by atoms with Crippen LogP contribution in [0.1, 0.15) is 56.7 Å². The topological polar surface area (TPSA) is 82.8 Å². The normalized spacial score (nSPS) is 22.1. The van der Waals surface area contributed by atoms with Crippen LogP contribution in [0.5, 0.6) is 0 Å². The van der Waals surface area contributed by atoms with Gasteiger partial charge in [0, 0.05) is 49.9 Å². The zero-order valence-electron chi connectivity index (χ0n) is 18.2. The number of aryl methyl sites for hydroxylation is 1. The summed E-state index contributed by atoms with van der Waals surface area (Å²) in [5, 5.41) is 10.1. The number of guanidine groups is 1. The highest BCUT2D eigenvalue weighted by Gasteiger charge is 2.31. The van der Waals surface area contributed by atoms with E-state index in [2.05, 4.69) is 46.5 Å². The van der Waals surface area contributed by atoms with Gasteiger partial charge < -0.3 is 20.4 Å². The van der Waals surface area contributed by atoms with Crippen molar-refractivity contribution >= 4 is 17.5 Å². The molecule has 2 aromatic heterocycles. The molecule has 7 heteroatoms. The van der Waals surface area contributed by atoms with E-state index in [1.54, 1.807) is 0 Å². The van der Waals surface area contributed by atoms with Gasteiger partial charge in [0.1, 0.15) is 5.65 Å². The molecule has 1 amide bonds. The number of pyridine rings is 1. The third-order valence-electron chi connectivity index (χ3n) is 6.02. The molecule has 0 aromatic carbocycles. The van der Waals surface area contributed by atoms with Gasteiger partial charge in [-0.3, -0.25) is 9.79 Å². The summed E-state index contributed by atoms with van der Waals surface area (Å²) in [7, 11) is 0. The molecule has 4 rings (SSSR count). The second-order valence-electron chi connectivity index (χ2n) is 8.65. The average molecular weight is 411 g/mol. The molecular weight excluding hydrogens is 376 g/mol. The molecule has 2 aliphatic carbocycles. The molecule has 0 radical (unpaired) electrons. The van der Waals surface area contributed by atoms with Crippen LogP contribution in [0.4, 0.5) is 0 Å². The molecule has 2 aliphatic rings.